The number of thiophene rings is 1. The first-order valence-corrected chi connectivity index (χ1v) is 6.94. The minimum absolute atomic E-state index is 0.0272. The SMILES string of the molecule is CC(C(=O)NCCC(O)C(C)C)c1ccsc1. The molecule has 0 aliphatic carbocycles. The van der Waals surface area contributed by atoms with Crippen molar-refractivity contribution < 1.29 is 9.90 Å². The molecule has 3 nitrogen and oxygen atoms in total. The third-order valence-electron chi connectivity index (χ3n) is 2.95. The Morgan fingerprint density at radius 1 is 1.47 bits per heavy atom. The first-order chi connectivity index (χ1) is 8.02. The summed E-state index contributed by atoms with van der Waals surface area (Å²) >= 11 is 1.60. The van der Waals surface area contributed by atoms with E-state index < -0.39 is 0 Å². The van der Waals surface area contributed by atoms with E-state index in [2.05, 4.69) is 5.32 Å². The monoisotopic (exact) mass is 255 g/mol. The first kappa shape index (κ1) is 14.2. The zero-order valence-corrected chi connectivity index (χ0v) is 11.5. The van der Waals surface area contributed by atoms with E-state index in [9.17, 15) is 9.90 Å². The summed E-state index contributed by atoms with van der Waals surface area (Å²) in [5, 5.41) is 16.4. The fourth-order valence-electron chi connectivity index (χ4n) is 1.50. The summed E-state index contributed by atoms with van der Waals surface area (Å²) in [7, 11) is 0. The number of nitrogens with one attached hydrogen (secondary N) is 1. The molecule has 0 radical (unpaired) electrons. The van der Waals surface area contributed by atoms with Crippen molar-refractivity contribution in [2.45, 2.75) is 39.2 Å². The Balaban J connectivity index is 2.30. The zero-order chi connectivity index (χ0) is 12.8. The van der Waals surface area contributed by atoms with E-state index >= 15 is 0 Å². The molecule has 0 saturated heterocycles. The maximum absolute atomic E-state index is 11.8. The molecule has 1 amide bonds. The molecule has 0 spiro atoms. The second-order valence-electron chi connectivity index (χ2n) is 4.67. The minimum atomic E-state index is -0.341. The molecule has 4 heteroatoms. The van der Waals surface area contributed by atoms with Crippen LogP contribution >= 0.6 is 11.3 Å². The van der Waals surface area contributed by atoms with Gasteiger partial charge in [-0.15, -0.1) is 0 Å². The summed E-state index contributed by atoms with van der Waals surface area (Å²) in [6.45, 7) is 6.38. The van der Waals surface area contributed by atoms with Gasteiger partial charge in [-0.25, -0.2) is 0 Å². The molecule has 0 aromatic carbocycles. The smallest absolute Gasteiger partial charge is 0.227 e. The van der Waals surface area contributed by atoms with Gasteiger partial charge in [0.1, 0.15) is 0 Å². The third kappa shape index (κ3) is 4.48. The zero-order valence-electron chi connectivity index (χ0n) is 10.6. The van der Waals surface area contributed by atoms with Crippen molar-refractivity contribution in [3.8, 4) is 0 Å². The molecule has 1 aromatic heterocycles. The first-order valence-electron chi connectivity index (χ1n) is 6.00. The molecule has 2 atom stereocenters. The van der Waals surface area contributed by atoms with E-state index in [1.165, 1.54) is 0 Å². The fraction of sp³-hybridized carbons (Fsp3) is 0.615. The maximum atomic E-state index is 11.8. The Labute approximate surface area is 107 Å². The number of carbonyl (C=O) groups is 1. The Morgan fingerprint density at radius 3 is 2.71 bits per heavy atom. The molecular weight excluding hydrogens is 234 g/mol. The van der Waals surface area contributed by atoms with Crippen molar-refractivity contribution in [1.29, 1.82) is 0 Å². The van der Waals surface area contributed by atoms with Crippen molar-refractivity contribution in [2.75, 3.05) is 6.54 Å². The lowest BCUT2D eigenvalue weighted by Crippen LogP contribution is -2.31. The van der Waals surface area contributed by atoms with Crippen LogP contribution in [0.4, 0.5) is 0 Å². The predicted octanol–water partition coefficient (Wildman–Crippen LogP) is 2.37. The average molecular weight is 255 g/mol. The van der Waals surface area contributed by atoms with Crippen LogP contribution in [0.15, 0.2) is 16.8 Å². The standard InChI is InChI=1S/C13H21NO2S/c1-9(2)12(15)4-6-14-13(16)10(3)11-5-7-17-8-11/h5,7-10,12,15H,4,6H2,1-3H3,(H,14,16). The Hall–Kier alpha value is -0.870. The minimum Gasteiger partial charge on any atom is -0.393 e. The van der Waals surface area contributed by atoms with Crippen LogP contribution < -0.4 is 5.32 Å². The summed E-state index contributed by atoms with van der Waals surface area (Å²) in [5.74, 6) is 0.151. The van der Waals surface area contributed by atoms with Crippen LogP contribution in [-0.4, -0.2) is 23.7 Å². The highest BCUT2D eigenvalue weighted by atomic mass is 32.1. The van der Waals surface area contributed by atoms with Gasteiger partial charge in [0, 0.05) is 6.54 Å². The maximum Gasteiger partial charge on any atom is 0.227 e. The van der Waals surface area contributed by atoms with E-state index in [1.807, 2.05) is 37.6 Å². The van der Waals surface area contributed by atoms with Gasteiger partial charge in [0.25, 0.3) is 0 Å². The van der Waals surface area contributed by atoms with Gasteiger partial charge < -0.3 is 10.4 Å². The number of aliphatic hydroxyl groups is 1. The number of rotatable bonds is 6. The quantitative estimate of drug-likeness (QED) is 0.820. The van der Waals surface area contributed by atoms with Crippen molar-refractivity contribution in [3.05, 3.63) is 22.4 Å². The highest BCUT2D eigenvalue weighted by Crippen LogP contribution is 2.18. The van der Waals surface area contributed by atoms with Gasteiger partial charge in [-0.1, -0.05) is 13.8 Å². The van der Waals surface area contributed by atoms with Gasteiger partial charge in [0.15, 0.2) is 0 Å². The molecule has 2 N–H and O–H groups in total. The highest BCUT2D eigenvalue weighted by molar-refractivity contribution is 7.08. The molecule has 1 heterocycles. The van der Waals surface area contributed by atoms with Gasteiger partial charge in [-0.3, -0.25) is 4.79 Å². The summed E-state index contributed by atoms with van der Waals surface area (Å²) in [5.41, 5.74) is 1.05. The summed E-state index contributed by atoms with van der Waals surface area (Å²) in [6.07, 6.45) is 0.270. The normalized spacial score (nSPS) is 14.6. The Kier molecular flexibility index (Phi) is 5.65. The number of amides is 1. The third-order valence-corrected chi connectivity index (χ3v) is 3.65. The molecule has 0 fully saturated rings. The predicted molar refractivity (Wildman–Crippen MR) is 71.2 cm³/mol. The van der Waals surface area contributed by atoms with E-state index in [-0.39, 0.29) is 23.8 Å². The number of hydrogen-bond donors (Lipinski definition) is 2. The van der Waals surface area contributed by atoms with Crippen LogP contribution in [0.3, 0.4) is 0 Å². The molecule has 0 aliphatic heterocycles. The van der Waals surface area contributed by atoms with Crippen molar-refractivity contribution in [2.24, 2.45) is 5.92 Å². The van der Waals surface area contributed by atoms with E-state index in [1.54, 1.807) is 11.3 Å². The molecule has 0 saturated carbocycles. The van der Waals surface area contributed by atoms with Gasteiger partial charge in [-0.2, -0.15) is 11.3 Å². The van der Waals surface area contributed by atoms with Crippen LogP contribution in [0.2, 0.25) is 0 Å². The molecule has 0 aliphatic rings. The lowest BCUT2D eigenvalue weighted by Gasteiger charge is -2.16. The lowest BCUT2D eigenvalue weighted by atomic mass is 10.0. The Morgan fingerprint density at radius 2 is 2.18 bits per heavy atom. The van der Waals surface area contributed by atoms with E-state index in [4.69, 9.17) is 0 Å². The van der Waals surface area contributed by atoms with Gasteiger partial charge in [-0.05, 0) is 41.7 Å². The van der Waals surface area contributed by atoms with Gasteiger partial charge in [0.05, 0.1) is 12.0 Å². The van der Waals surface area contributed by atoms with E-state index in [0.29, 0.717) is 13.0 Å². The van der Waals surface area contributed by atoms with Crippen molar-refractivity contribution in [1.82, 2.24) is 5.32 Å². The van der Waals surface area contributed by atoms with Crippen LogP contribution in [0.1, 0.15) is 38.7 Å². The molecule has 0 bridgehead atoms. The Bertz CT molecular complexity index is 335. The summed E-state index contributed by atoms with van der Waals surface area (Å²) in [6, 6.07) is 1.97. The second-order valence-corrected chi connectivity index (χ2v) is 5.45. The van der Waals surface area contributed by atoms with E-state index in [0.717, 1.165) is 5.56 Å². The lowest BCUT2D eigenvalue weighted by molar-refractivity contribution is -0.122. The number of hydrogen-bond acceptors (Lipinski definition) is 3. The number of carbonyl (C=O) groups excluding carboxylic acids is 1. The summed E-state index contributed by atoms with van der Waals surface area (Å²) in [4.78, 5) is 11.8. The second kappa shape index (κ2) is 6.77. The highest BCUT2D eigenvalue weighted by Gasteiger charge is 2.16. The fourth-order valence-corrected chi connectivity index (χ4v) is 2.26. The molecule has 17 heavy (non-hydrogen) atoms. The molecular formula is C13H21NO2S. The van der Waals surface area contributed by atoms with Crippen molar-refractivity contribution in [3.63, 3.8) is 0 Å². The van der Waals surface area contributed by atoms with Crippen LogP contribution in [0.25, 0.3) is 0 Å². The average Bonchev–Trinajstić information content (AvgIpc) is 2.80. The van der Waals surface area contributed by atoms with Gasteiger partial charge in [0.2, 0.25) is 5.91 Å². The molecule has 96 valence electrons. The molecule has 1 aromatic rings. The number of aliphatic hydroxyl groups excluding tert-OH is 1. The van der Waals surface area contributed by atoms with Gasteiger partial charge >= 0.3 is 0 Å². The largest absolute Gasteiger partial charge is 0.393 e. The van der Waals surface area contributed by atoms with Crippen molar-refractivity contribution >= 4 is 17.2 Å². The summed E-state index contributed by atoms with van der Waals surface area (Å²) < 4.78 is 0. The molecule has 1 rings (SSSR count). The van der Waals surface area contributed by atoms with Crippen LogP contribution in [0.5, 0.6) is 0 Å². The van der Waals surface area contributed by atoms with Crippen LogP contribution in [-0.2, 0) is 4.79 Å². The molecule has 2 unspecified atom stereocenters. The topological polar surface area (TPSA) is 49.3 Å². The van der Waals surface area contributed by atoms with Crippen LogP contribution in [0, 0.1) is 5.92 Å².